The van der Waals surface area contributed by atoms with E-state index in [2.05, 4.69) is 22.2 Å². The average molecular weight is 310 g/mol. The first kappa shape index (κ1) is 15.7. The van der Waals surface area contributed by atoms with Crippen molar-refractivity contribution >= 4 is 28.7 Å². The first-order chi connectivity index (χ1) is 10.2. The lowest BCUT2D eigenvalue weighted by molar-refractivity contribution is -0.121. The molecule has 6 nitrogen and oxygen atoms in total. The molecule has 0 unspecified atom stereocenters. The molecule has 2 rings (SSSR count). The van der Waals surface area contributed by atoms with Gasteiger partial charge < -0.3 is 15.6 Å². The van der Waals surface area contributed by atoms with Crippen molar-refractivity contribution in [2.45, 2.75) is 32.7 Å². The van der Waals surface area contributed by atoms with Gasteiger partial charge in [-0.2, -0.15) is 0 Å². The van der Waals surface area contributed by atoms with Crippen LogP contribution >= 0.6 is 11.6 Å². The molecule has 0 atom stereocenters. The second kappa shape index (κ2) is 7.38. The quantitative estimate of drug-likeness (QED) is 0.811. The van der Waals surface area contributed by atoms with Crippen molar-refractivity contribution in [1.29, 1.82) is 0 Å². The highest BCUT2D eigenvalue weighted by Crippen LogP contribution is 2.19. The number of nitrogens with zero attached hydrogens (tertiary/aromatic N) is 3. The topological polar surface area (TPSA) is 85.8 Å². The Morgan fingerprint density at radius 1 is 1.52 bits per heavy atom. The molecule has 21 heavy (non-hydrogen) atoms. The summed E-state index contributed by atoms with van der Waals surface area (Å²) in [5, 5.41) is 3.33. The Hall–Kier alpha value is -1.66. The van der Waals surface area contributed by atoms with Crippen LogP contribution < -0.4 is 11.1 Å². The van der Waals surface area contributed by atoms with Crippen LogP contribution in [0.25, 0.3) is 11.2 Å². The van der Waals surface area contributed by atoms with E-state index < -0.39 is 0 Å². The third-order valence-corrected chi connectivity index (χ3v) is 3.34. The molecule has 0 bridgehead atoms. The van der Waals surface area contributed by atoms with Crippen LogP contribution in [0, 0.1) is 0 Å². The lowest BCUT2D eigenvalue weighted by atomic mass is 10.3. The number of amides is 1. The second-order valence-corrected chi connectivity index (χ2v) is 5.25. The number of fused-ring (bicyclic) bond motifs is 1. The number of hydrogen-bond donors (Lipinski definition) is 2. The molecule has 2 heterocycles. The third kappa shape index (κ3) is 3.92. The molecule has 0 spiro atoms. The van der Waals surface area contributed by atoms with Gasteiger partial charge in [-0.05, 0) is 12.5 Å². The summed E-state index contributed by atoms with van der Waals surface area (Å²) in [6.07, 6.45) is 3.81. The van der Waals surface area contributed by atoms with Crippen molar-refractivity contribution in [2.75, 3.05) is 13.1 Å². The molecule has 0 aliphatic heterocycles. The van der Waals surface area contributed by atoms with E-state index in [0.29, 0.717) is 31.1 Å². The Morgan fingerprint density at radius 2 is 2.33 bits per heavy atom. The molecule has 3 N–H and O–H groups in total. The molecule has 2 aromatic rings. The minimum Gasteiger partial charge on any atom is -0.355 e. The van der Waals surface area contributed by atoms with Crippen LogP contribution in [-0.2, 0) is 17.8 Å². The number of aryl methyl sites for hydroxylation is 2. The molecule has 1 amide bonds. The van der Waals surface area contributed by atoms with Crippen LogP contribution in [0.1, 0.15) is 25.6 Å². The van der Waals surface area contributed by atoms with Crippen molar-refractivity contribution in [3.05, 3.63) is 23.1 Å². The number of nitrogens with one attached hydrogen (secondary N) is 1. The monoisotopic (exact) mass is 309 g/mol. The Kier molecular flexibility index (Phi) is 5.52. The summed E-state index contributed by atoms with van der Waals surface area (Å²) in [4.78, 5) is 20.6. The van der Waals surface area contributed by atoms with Crippen molar-refractivity contribution < 1.29 is 4.79 Å². The molecule has 2 aromatic heterocycles. The van der Waals surface area contributed by atoms with Gasteiger partial charge in [-0.15, -0.1) is 0 Å². The normalized spacial score (nSPS) is 11.0. The minimum atomic E-state index is -0.0151. The lowest BCUT2D eigenvalue weighted by Gasteiger charge is -2.08. The van der Waals surface area contributed by atoms with Crippen LogP contribution in [0.15, 0.2) is 12.3 Å². The maximum Gasteiger partial charge on any atom is 0.221 e. The number of hydrogen-bond acceptors (Lipinski definition) is 4. The van der Waals surface area contributed by atoms with Gasteiger partial charge >= 0.3 is 0 Å². The zero-order valence-corrected chi connectivity index (χ0v) is 12.9. The summed E-state index contributed by atoms with van der Waals surface area (Å²) in [6, 6.07) is 1.80. The van der Waals surface area contributed by atoms with Gasteiger partial charge in [-0.25, -0.2) is 9.97 Å². The number of rotatable bonds is 7. The summed E-state index contributed by atoms with van der Waals surface area (Å²) in [7, 11) is 0. The third-order valence-electron chi connectivity index (χ3n) is 3.13. The number of pyridine rings is 1. The van der Waals surface area contributed by atoms with Crippen molar-refractivity contribution in [3.8, 4) is 0 Å². The molecule has 0 aliphatic carbocycles. The highest BCUT2D eigenvalue weighted by molar-refractivity contribution is 6.31. The van der Waals surface area contributed by atoms with E-state index in [9.17, 15) is 4.79 Å². The molecule has 0 fully saturated rings. The first-order valence-corrected chi connectivity index (χ1v) is 7.51. The smallest absolute Gasteiger partial charge is 0.221 e. The van der Waals surface area contributed by atoms with Gasteiger partial charge in [-0.3, -0.25) is 4.79 Å². The number of carbonyl (C=O) groups excluding carboxylic acids is 1. The molecular weight excluding hydrogens is 290 g/mol. The number of nitrogens with two attached hydrogens (primary N) is 1. The molecular formula is C14H20ClN5O. The fourth-order valence-corrected chi connectivity index (χ4v) is 2.35. The predicted octanol–water partition coefficient (Wildman–Crippen LogP) is 1.50. The van der Waals surface area contributed by atoms with E-state index >= 15 is 0 Å². The highest BCUT2D eigenvalue weighted by Gasteiger charge is 2.13. The summed E-state index contributed by atoms with van der Waals surface area (Å²) in [5.74, 6) is 0.924. The van der Waals surface area contributed by atoms with Gasteiger partial charge in [0.15, 0.2) is 5.65 Å². The molecule has 0 saturated carbocycles. The van der Waals surface area contributed by atoms with E-state index in [4.69, 9.17) is 17.3 Å². The lowest BCUT2D eigenvalue weighted by Crippen LogP contribution is -2.29. The number of aromatic nitrogens is 3. The minimum absolute atomic E-state index is 0.0151. The molecule has 114 valence electrons. The molecule has 0 aromatic carbocycles. The van der Waals surface area contributed by atoms with Gasteiger partial charge in [0.25, 0.3) is 0 Å². The van der Waals surface area contributed by atoms with Crippen LogP contribution in [0.3, 0.4) is 0 Å². The maximum absolute atomic E-state index is 11.7. The van der Waals surface area contributed by atoms with Gasteiger partial charge in [0.1, 0.15) is 11.3 Å². The first-order valence-electron chi connectivity index (χ1n) is 7.13. The maximum atomic E-state index is 11.7. The molecule has 0 radical (unpaired) electrons. The summed E-state index contributed by atoms with van der Waals surface area (Å²) in [5.41, 5.74) is 6.91. The van der Waals surface area contributed by atoms with E-state index in [1.54, 1.807) is 12.3 Å². The Bertz CT molecular complexity index is 625. The van der Waals surface area contributed by atoms with Crippen LogP contribution in [0.5, 0.6) is 0 Å². The van der Waals surface area contributed by atoms with E-state index in [1.807, 2.05) is 4.57 Å². The molecule has 7 heteroatoms. The van der Waals surface area contributed by atoms with Crippen LogP contribution in [0.4, 0.5) is 0 Å². The average Bonchev–Trinajstić information content (AvgIpc) is 2.79. The zero-order chi connectivity index (χ0) is 15.2. The SMILES string of the molecule is CCCc1nc2cc(Cl)cnc2n1CCC(=O)NCCN. The molecule has 0 aliphatic rings. The predicted molar refractivity (Wildman–Crippen MR) is 83.2 cm³/mol. The van der Waals surface area contributed by atoms with Gasteiger partial charge in [0.2, 0.25) is 5.91 Å². The Labute approximate surface area is 128 Å². The summed E-state index contributed by atoms with van der Waals surface area (Å²) >= 11 is 5.95. The van der Waals surface area contributed by atoms with Gasteiger partial charge in [0, 0.05) is 38.7 Å². The fraction of sp³-hybridized carbons (Fsp3) is 0.500. The second-order valence-electron chi connectivity index (χ2n) is 4.81. The van der Waals surface area contributed by atoms with Crippen molar-refractivity contribution in [1.82, 2.24) is 19.9 Å². The van der Waals surface area contributed by atoms with E-state index in [1.165, 1.54) is 0 Å². The van der Waals surface area contributed by atoms with Gasteiger partial charge in [0.05, 0.1) is 5.02 Å². The Morgan fingerprint density at radius 3 is 3.05 bits per heavy atom. The number of halogens is 1. The van der Waals surface area contributed by atoms with Crippen LogP contribution in [-0.4, -0.2) is 33.5 Å². The van der Waals surface area contributed by atoms with Gasteiger partial charge in [-0.1, -0.05) is 18.5 Å². The highest BCUT2D eigenvalue weighted by atomic mass is 35.5. The fourth-order valence-electron chi connectivity index (χ4n) is 2.20. The van der Waals surface area contributed by atoms with Crippen LogP contribution in [0.2, 0.25) is 5.02 Å². The van der Waals surface area contributed by atoms with Crippen molar-refractivity contribution in [2.24, 2.45) is 5.73 Å². The number of imidazole rings is 1. The van der Waals surface area contributed by atoms with E-state index in [-0.39, 0.29) is 5.91 Å². The zero-order valence-electron chi connectivity index (χ0n) is 12.1. The largest absolute Gasteiger partial charge is 0.355 e. The summed E-state index contributed by atoms with van der Waals surface area (Å²) in [6.45, 7) is 3.59. The van der Waals surface area contributed by atoms with Crippen molar-refractivity contribution in [3.63, 3.8) is 0 Å². The number of carbonyl (C=O) groups is 1. The Balaban J connectivity index is 2.20. The molecule has 0 saturated heterocycles. The summed E-state index contributed by atoms with van der Waals surface area (Å²) < 4.78 is 2.00. The standard InChI is InChI=1S/C14H20ClN5O/c1-2-3-12-19-11-8-10(15)9-18-14(11)20(12)7-4-13(21)17-6-5-16/h8-9H,2-7,16H2,1H3,(H,17,21). The van der Waals surface area contributed by atoms with E-state index in [0.717, 1.165) is 29.8 Å².